The predicted molar refractivity (Wildman–Crippen MR) is 43.4 cm³/mol. The zero-order valence-corrected chi connectivity index (χ0v) is 6.12. The van der Waals surface area contributed by atoms with Crippen molar-refractivity contribution in [2.75, 3.05) is 6.54 Å². The lowest BCUT2D eigenvalue weighted by molar-refractivity contribution is 0.813. The summed E-state index contributed by atoms with van der Waals surface area (Å²) in [6, 6.07) is 3.95. The molecular weight excluding hydrogens is 138 g/mol. The van der Waals surface area contributed by atoms with Crippen molar-refractivity contribution in [2.24, 2.45) is 5.10 Å². The second-order valence-electron chi connectivity index (χ2n) is 2.46. The van der Waals surface area contributed by atoms with Gasteiger partial charge in [-0.05, 0) is 6.07 Å². The Bertz CT molecular complexity index is 266. The maximum atomic E-state index is 4.13. The van der Waals surface area contributed by atoms with Crippen molar-refractivity contribution in [2.45, 2.75) is 6.42 Å². The third kappa shape index (κ3) is 1.22. The van der Waals surface area contributed by atoms with Gasteiger partial charge in [0.05, 0.1) is 5.71 Å². The number of hydrogen-bond acceptors (Lipinski definition) is 3. The number of nitrogens with zero attached hydrogens (tertiary/aromatic N) is 2. The summed E-state index contributed by atoms with van der Waals surface area (Å²) in [4.78, 5) is 4.02. The van der Waals surface area contributed by atoms with E-state index in [-0.39, 0.29) is 0 Å². The number of pyridine rings is 1. The zero-order chi connectivity index (χ0) is 7.52. The highest BCUT2D eigenvalue weighted by molar-refractivity contribution is 6.01. The van der Waals surface area contributed by atoms with Gasteiger partial charge in [-0.2, -0.15) is 5.10 Å². The summed E-state index contributed by atoms with van der Waals surface area (Å²) in [6.07, 6.45) is 4.62. The van der Waals surface area contributed by atoms with Gasteiger partial charge in [-0.15, -0.1) is 0 Å². The molecule has 1 aromatic rings. The highest BCUT2D eigenvalue weighted by Gasteiger charge is 2.07. The van der Waals surface area contributed by atoms with E-state index < -0.39 is 0 Å². The van der Waals surface area contributed by atoms with Gasteiger partial charge in [-0.3, -0.25) is 4.98 Å². The lowest BCUT2D eigenvalue weighted by Gasteiger charge is -1.94. The Kier molecular flexibility index (Phi) is 1.55. The van der Waals surface area contributed by atoms with Crippen LogP contribution < -0.4 is 5.43 Å². The van der Waals surface area contributed by atoms with Crippen molar-refractivity contribution >= 4 is 5.71 Å². The standard InChI is InChI=1S/C8H9N3/c1-2-7(6-9-4-1)8-3-5-10-11-8/h1-2,4,6,10H,3,5H2. The molecule has 1 N–H and O–H groups in total. The quantitative estimate of drug-likeness (QED) is 0.637. The molecule has 1 aliphatic heterocycles. The first-order valence-corrected chi connectivity index (χ1v) is 3.66. The van der Waals surface area contributed by atoms with E-state index in [9.17, 15) is 0 Å². The average Bonchev–Trinajstić information content (AvgIpc) is 2.58. The van der Waals surface area contributed by atoms with Gasteiger partial charge >= 0.3 is 0 Å². The molecule has 0 fully saturated rings. The second kappa shape index (κ2) is 2.70. The zero-order valence-electron chi connectivity index (χ0n) is 6.12. The molecule has 56 valence electrons. The van der Waals surface area contributed by atoms with Crippen molar-refractivity contribution in [1.29, 1.82) is 0 Å². The molecule has 0 unspecified atom stereocenters. The minimum Gasteiger partial charge on any atom is -0.309 e. The highest BCUT2D eigenvalue weighted by atomic mass is 15.3. The molecule has 0 atom stereocenters. The SMILES string of the molecule is c1cncc(C2=NNCC2)c1. The van der Waals surface area contributed by atoms with Crippen LogP contribution in [-0.2, 0) is 0 Å². The van der Waals surface area contributed by atoms with Gasteiger partial charge in [-0.1, -0.05) is 6.07 Å². The molecule has 11 heavy (non-hydrogen) atoms. The molecule has 3 nitrogen and oxygen atoms in total. The molecule has 0 amide bonds. The molecule has 0 saturated heterocycles. The number of nitrogens with one attached hydrogen (secondary N) is 1. The second-order valence-corrected chi connectivity index (χ2v) is 2.46. The van der Waals surface area contributed by atoms with Crippen LogP contribution in [0, 0.1) is 0 Å². The van der Waals surface area contributed by atoms with E-state index >= 15 is 0 Å². The van der Waals surface area contributed by atoms with Crippen LogP contribution in [0.5, 0.6) is 0 Å². The number of aromatic nitrogens is 1. The molecule has 3 heteroatoms. The summed E-state index contributed by atoms with van der Waals surface area (Å²) in [5, 5.41) is 4.13. The van der Waals surface area contributed by atoms with Gasteiger partial charge in [0.2, 0.25) is 0 Å². The first-order chi connectivity index (χ1) is 5.47. The van der Waals surface area contributed by atoms with Gasteiger partial charge in [-0.25, -0.2) is 0 Å². The third-order valence-corrected chi connectivity index (χ3v) is 1.68. The van der Waals surface area contributed by atoms with Crippen molar-refractivity contribution < 1.29 is 0 Å². The minimum atomic E-state index is 0.949. The Morgan fingerprint density at radius 3 is 3.09 bits per heavy atom. The monoisotopic (exact) mass is 147 g/mol. The van der Waals surface area contributed by atoms with E-state index in [1.807, 2.05) is 18.3 Å². The van der Waals surface area contributed by atoms with Crippen molar-refractivity contribution in [1.82, 2.24) is 10.4 Å². The van der Waals surface area contributed by atoms with E-state index in [1.165, 1.54) is 0 Å². The van der Waals surface area contributed by atoms with Crippen LogP contribution in [0.3, 0.4) is 0 Å². The van der Waals surface area contributed by atoms with Crippen LogP contribution in [0.1, 0.15) is 12.0 Å². The first-order valence-electron chi connectivity index (χ1n) is 3.66. The van der Waals surface area contributed by atoms with E-state index in [4.69, 9.17) is 0 Å². The molecule has 2 rings (SSSR count). The maximum Gasteiger partial charge on any atom is 0.0708 e. The third-order valence-electron chi connectivity index (χ3n) is 1.68. The number of hydrazone groups is 1. The summed E-state index contributed by atoms with van der Waals surface area (Å²) >= 11 is 0. The topological polar surface area (TPSA) is 37.3 Å². The number of hydrogen-bond donors (Lipinski definition) is 1. The molecule has 1 aromatic heterocycles. The summed E-state index contributed by atoms with van der Waals surface area (Å²) in [6.45, 7) is 0.949. The van der Waals surface area contributed by atoms with Gasteiger partial charge in [0.1, 0.15) is 0 Å². The summed E-state index contributed by atoms with van der Waals surface area (Å²) in [5.74, 6) is 0. The van der Waals surface area contributed by atoms with Crippen LogP contribution in [-0.4, -0.2) is 17.2 Å². The molecule has 0 saturated carbocycles. The summed E-state index contributed by atoms with van der Waals surface area (Å²) < 4.78 is 0. The minimum absolute atomic E-state index is 0.949. The Morgan fingerprint density at radius 1 is 1.45 bits per heavy atom. The predicted octanol–water partition coefficient (Wildman–Crippen LogP) is 0.779. The first kappa shape index (κ1) is 6.34. The molecule has 2 heterocycles. The van der Waals surface area contributed by atoms with E-state index in [0.717, 1.165) is 24.2 Å². The van der Waals surface area contributed by atoms with E-state index in [1.54, 1.807) is 6.20 Å². The van der Waals surface area contributed by atoms with Gasteiger partial charge < -0.3 is 5.43 Å². The van der Waals surface area contributed by atoms with Crippen LogP contribution in [0.25, 0.3) is 0 Å². The van der Waals surface area contributed by atoms with Crippen LogP contribution >= 0.6 is 0 Å². The smallest absolute Gasteiger partial charge is 0.0708 e. The fourth-order valence-corrected chi connectivity index (χ4v) is 1.12. The highest BCUT2D eigenvalue weighted by Crippen LogP contribution is 2.04. The Morgan fingerprint density at radius 2 is 2.45 bits per heavy atom. The van der Waals surface area contributed by atoms with Crippen molar-refractivity contribution in [3.05, 3.63) is 30.1 Å². The Labute approximate surface area is 65.2 Å². The molecule has 0 aliphatic carbocycles. The van der Waals surface area contributed by atoms with Crippen LogP contribution in [0.4, 0.5) is 0 Å². The molecule has 0 spiro atoms. The lowest BCUT2D eigenvalue weighted by atomic mass is 10.1. The van der Waals surface area contributed by atoms with Crippen LogP contribution in [0.2, 0.25) is 0 Å². The largest absolute Gasteiger partial charge is 0.309 e. The maximum absolute atomic E-state index is 4.13. The number of rotatable bonds is 1. The fraction of sp³-hybridized carbons (Fsp3) is 0.250. The van der Waals surface area contributed by atoms with E-state index in [0.29, 0.717) is 0 Å². The van der Waals surface area contributed by atoms with E-state index in [2.05, 4.69) is 15.5 Å². The van der Waals surface area contributed by atoms with Crippen LogP contribution in [0.15, 0.2) is 29.6 Å². The van der Waals surface area contributed by atoms with Crippen molar-refractivity contribution in [3.63, 3.8) is 0 Å². The Hall–Kier alpha value is -1.38. The molecule has 0 radical (unpaired) electrons. The van der Waals surface area contributed by atoms with Crippen molar-refractivity contribution in [3.8, 4) is 0 Å². The normalized spacial score (nSPS) is 15.8. The fourth-order valence-electron chi connectivity index (χ4n) is 1.12. The molecule has 0 aromatic carbocycles. The van der Waals surface area contributed by atoms with Gasteiger partial charge in [0.15, 0.2) is 0 Å². The lowest BCUT2D eigenvalue weighted by Crippen LogP contribution is -1.97. The summed E-state index contributed by atoms with van der Waals surface area (Å²) in [5.41, 5.74) is 5.16. The van der Waals surface area contributed by atoms with Gasteiger partial charge in [0.25, 0.3) is 0 Å². The molecule has 0 bridgehead atoms. The average molecular weight is 147 g/mol. The molecule has 1 aliphatic rings. The van der Waals surface area contributed by atoms with Gasteiger partial charge in [0, 0.05) is 30.9 Å². The summed E-state index contributed by atoms with van der Waals surface area (Å²) in [7, 11) is 0. The Balaban J connectivity index is 2.29. The molecular formula is C8H9N3.